The SMILES string of the molecule is N#CC(c1cc(Cl)cc(Cl)c1)N1CCCNCC1. The van der Waals surface area contributed by atoms with Gasteiger partial charge < -0.3 is 5.32 Å². The minimum absolute atomic E-state index is 0.277. The van der Waals surface area contributed by atoms with Crippen LogP contribution in [0.4, 0.5) is 0 Å². The second kappa shape index (κ2) is 6.40. The largest absolute Gasteiger partial charge is 0.315 e. The molecule has 0 amide bonds. The average Bonchev–Trinajstić information content (AvgIpc) is 2.58. The van der Waals surface area contributed by atoms with E-state index >= 15 is 0 Å². The van der Waals surface area contributed by atoms with Gasteiger partial charge in [0, 0.05) is 29.7 Å². The molecular formula is C13H15Cl2N3. The van der Waals surface area contributed by atoms with Crippen molar-refractivity contribution in [2.45, 2.75) is 12.5 Å². The van der Waals surface area contributed by atoms with E-state index in [1.165, 1.54) is 0 Å². The molecule has 96 valence electrons. The van der Waals surface area contributed by atoms with Gasteiger partial charge in [-0.15, -0.1) is 0 Å². The number of nitriles is 1. The number of rotatable bonds is 2. The Balaban J connectivity index is 2.24. The molecule has 1 N–H and O–H groups in total. The van der Waals surface area contributed by atoms with E-state index in [1.807, 2.05) is 12.1 Å². The molecule has 1 fully saturated rings. The Labute approximate surface area is 117 Å². The maximum Gasteiger partial charge on any atom is 0.124 e. The van der Waals surface area contributed by atoms with E-state index in [-0.39, 0.29) is 6.04 Å². The minimum atomic E-state index is -0.277. The summed E-state index contributed by atoms with van der Waals surface area (Å²) >= 11 is 12.0. The molecule has 0 bridgehead atoms. The lowest BCUT2D eigenvalue weighted by Crippen LogP contribution is -2.31. The Morgan fingerprint density at radius 3 is 2.56 bits per heavy atom. The Bertz CT molecular complexity index is 428. The van der Waals surface area contributed by atoms with Crippen LogP contribution in [0, 0.1) is 11.3 Å². The van der Waals surface area contributed by atoms with Crippen molar-refractivity contribution in [3.05, 3.63) is 33.8 Å². The molecule has 1 aliphatic rings. The highest BCUT2D eigenvalue weighted by atomic mass is 35.5. The van der Waals surface area contributed by atoms with E-state index in [4.69, 9.17) is 23.2 Å². The predicted octanol–water partition coefficient (Wildman–Crippen LogP) is 2.85. The molecule has 1 aromatic rings. The first-order valence-electron chi connectivity index (χ1n) is 6.01. The number of hydrogen-bond acceptors (Lipinski definition) is 3. The van der Waals surface area contributed by atoms with Crippen molar-refractivity contribution in [1.29, 1.82) is 5.26 Å². The fraction of sp³-hybridized carbons (Fsp3) is 0.462. The van der Waals surface area contributed by atoms with Gasteiger partial charge in [0.2, 0.25) is 0 Å². The summed E-state index contributed by atoms with van der Waals surface area (Å²) in [6, 6.07) is 7.40. The van der Waals surface area contributed by atoms with Crippen LogP contribution in [0.3, 0.4) is 0 Å². The maximum atomic E-state index is 9.41. The lowest BCUT2D eigenvalue weighted by molar-refractivity contribution is 0.252. The fourth-order valence-corrected chi connectivity index (χ4v) is 2.77. The molecule has 1 atom stereocenters. The van der Waals surface area contributed by atoms with Gasteiger partial charge in [-0.3, -0.25) is 4.90 Å². The van der Waals surface area contributed by atoms with Crippen LogP contribution in [0.15, 0.2) is 18.2 Å². The molecule has 0 radical (unpaired) electrons. The molecule has 1 unspecified atom stereocenters. The van der Waals surface area contributed by atoms with Crippen LogP contribution < -0.4 is 5.32 Å². The highest BCUT2D eigenvalue weighted by Crippen LogP contribution is 2.27. The average molecular weight is 284 g/mol. The van der Waals surface area contributed by atoms with Gasteiger partial charge in [0.05, 0.1) is 6.07 Å². The lowest BCUT2D eigenvalue weighted by atomic mass is 10.1. The van der Waals surface area contributed by atoms with E-state index in [2.05, 4.69) is 16.3 Å². The molecule has 0 aromatic heterocycles. The van der Waals surface area contributed by atoms with Gasteiger partial charge >= 0.3 is 0 Å². The summed E-state index contributed by atoms with van der Waals surface area (Å²) in [4.78, 5) is 2.17. The summed E-state index contributed by atoms with van der Waals surface area (Å²) in [5.41, 5.74) is 0.872. The third-order valence-corrected chi connectivity index (χ3v) is 3.50. The molecule has 5 heteroatoms. The van der Waals surface area contributed by atoms with Gasteiger partial charge in [-0.05, 0) is 36.7 Å². The van der Waals surface area contributed by atoms with Crippen LogP contribution in [0.25, 0.3) is 0 Å². The normalized spacial score (nSPS) is 18.9. The standard InChI is InChI=1S/C13H15Cl2N3/c14-11-6-10(7-12(15)8-11)13(9-16)18-4-1-2-17-3-5-18/h6-8,13,17H,1-5H2. The molecule has 3 nitrogen and oxygen atoms in total. The van der Waals surface area contributed by atoms with E-state index in [9.17, 15) is 5.26 Å². The van der Waals surface area contributed by atoms with Crippen molar-refractivity contribution in [2.75, 3.05) is 26.2 Å². The highest BCUT2D eigenvalue weighted by Gasteiger charge is 2.21. The summed E-state index contributed by atoms with van der Waals surface area (Å²) in [6.07, 6.45) is 1.05. The zero-order valence-corrected chi connectivity index (χ0v) is 11.5. The van der Waals surface area contributed by atoms with Crippen molar-refractivity contribution in [2.24, 2.45) is 0 Å². The molecule has 1 saturated heterocycles. The van der Waals surface area contributed by atoms with Crippen LogP contribution >= 0.6 is 23.2 Å². The number of nitrogens with zero attached hydrogens (tertiary/aromatic N) is 2. The van der Waals surface area contributed by atoms with Gasteiger partial charge in [0.25, 0.3) is 0 Å². The molecule has 1 aliphatic heterocycles. The molecule has 0 saturated carbocycles. The summed E-state index contributed by atoms with van der Waals surface area (Å²) in [6.45, 7) is 3.69. The minimum Gasteiger partial charge on any atom is -0.315 e. The van der Waals surface area contributed by atoms with Crippen molar-refractivity contribution < 1.29 is 0 Å². The second-order valence-corrected chi connectivity index (χ2v) is 5.25. The maximum absolute atomic E-state index is 9.41. The Kier molecular flexibility index (Phi) is 4.85. The van der Waals surface area contributed by atoms with Crippen LogP contribution in [0.5, 0.6) is 0 Å². The van der Waals surface area contributed by atoms with Crippen LogP contribution in [-0.4, -0.2) is 31.1 Å². The van der Waals surface area contributed by atoms with Gasteiger partial charge in [0.1, 0.15) is 6.04 Å². The Hall–Kier alpha value is -0.790. The molecule has 0 spiro atoms. The topological polar surface area (TPSA) is 39.1 Å². The third-order valence-electron chi connectivity index (χ3n) is 3.06. The summed E-state index contributed by atoms with van der Waals surface area (Å²) in [7, 11) is 0. The Morgan fingerprint density at radius 2 is 1.89 bits per heavy atom. The van der Waals surface area contributed by atoms with E-state index in [0.29, 0.717) is 10.0 Å². The molecule has 18 heavy (non-hydrogen) atoms. The number of benzene rings is 1. The first-order valence-corrected chi connectivity index (χ1v) is 6.76. The van der Waals surface area contributed by atoms with Crippen LogP contribution in [-0.2, 0) is 0 Å². The smallest absolute Gasteiger partial charge is 0.124 e. The molecular weight excluding hydrogens is 269 g/mol. The molecule has 1 aromatic carbocycles. The first-order chi connectivity index (χ1) is 8.70. The number of halogens is 2. The summed E-state index contributed by atoms with van der Waals surface area (Å²) in [5.74, 6) is 0. The van der Waals surface area contributed by atoms with Crippen LogP contribution in [0.1, 0.15) is 18.0 Å². The second-order valence-electron chi connectivity index (χ2n) is 4.37. The van der Waals surface area contributed by atoms with Gasteiger partial charge in [0.15, 0.2) is 0 Å². The zero-order chi connectivity index (χ0) is 13.0. The van der Waals surface area contributed by atoms with Gasteiger partial charge in [-0.1, -0.05) is 23.2 Å². The van der Waals surface area contributed by atoms with Crippen molar-refractivity contribution in [3.8, 4) is 6.07 Å². The summed E-state index contributed by atoms with van der Waals surface area (Å²) < 4.78 is 0. The molecule has 2 rings (SSSR count). The Morgan fingerprint density at radius 1 is 1.17 bits per heavy atom. The zero-order valence-electron chi connectivity index (χ0n) is 10.00. The van der Waals surface area contributed by atoms with Gasteiger partial charge in [-0.2, -0.15) is 5.26 Å². The lowest BCUT2D eigenvalue weighted by Gasteiger charge is -2.25. The van der Waals surface area contributed by atoms with Gasteiger partial charge in [-0.25, -0.2) is 0 Å². The number of nitrogens with one attached hydrogen (secondary N) is 1. The summed E-state index contributed by atoms with van der Waals surface area (Å²) in [5, 5.41) is 13.9. The van der Waals surface area contributed by atoms with Crippen LogP contribution in [0.2, 0.25) is 10.0 Å². The number of hydrogen-bond donors (Lipinski definition) is 1. The van der Waals surface area contributed by atoms with E-state index in [1.54, 1.807) is 6.07 Å². The predicted molar refractivity (Wildman–Crippen MR) is 73.9 cm³/mol. The van der Waals surface area contributed by atoms with E-state index in [0.717, 1.165) is 38.2 Å². The molecule has 0 aliphatic carbocycles. The fourth-order valence-electron chi connectivity index (χ4n) is 2.22. The molecule has 1 heterocycles. The van der Waals surface area contributed by atoms with Crippen molar-refractivity contribution in [1.82, 2.24) is 10.2 Å². The van der Waals surface area contributed by atoms with E-state index < -0.39 is 0 Å². The first kappa shape index (κ1) is 13.6. The monoisotopic (exact) mass is 283 g/mol. The van der Waals surface area contributed by atoms with Crippen molar-refractivity contribution >= 4 is 23.2 Å². The van der Waals surface area contributed by atoms with Crippen molar-refractivity contribution in [3.63, 3.8) is 0 Å². The third kappa shape index (κ3) is 3.37. The quantitative estimate of drug-likeness (QED) is 0.907. The highest BCUT2D eigenvalue weighted by molar-refractivity contribution is 6.34.